The number of amides is 1. The highest BCUT2D eigenvalue weighted by Crippen LogP contribution is 2.41. The lowest BCUT2D eigenvalue weighted by Gasteiger charge is -2.26. The Balaban J connectivity index is 1.79. The first-order valence-corrected chi connectivity index (χ1v) is 10.6. The van der Waals surface area contributed by atoms with Gasteiger partial charge in [0.2, 0.25) is 10.0 Å². The average molecular weight is 411 g/mol. The number of halogens is 1. The van der Waals surface area contributed by atoms with Gasteiger partial charge in [0.05, 0.1) is 29.5 Å². The third kappa shape index (κ3) is 3.12. The van der Waals surface area contributed by atoms with Gasteiger partial charge in [-0.05, 0) is 24.3 Å². The van der Waals surface area contributed by atoms with E-state index in [0.717, 1.165) is 4.90 Å². The molecule has 0 bridgehead atoms. The highest BCUT2D eigenvalue weighted by Gasteiger charge is 2.31. The maximum atomic E-state index is 13.0. The summed E-state index contributed by atoms with van der Waals surface area (Å²) in [6.07, 6.45) is 0. The van der Waals surface area contributed by atoms with Crippen LogP contribution in [-0.4, -0.2) is 44.9 Å². The molecule has 2 aliphatic heterocycles. The zero-order valence-electron chi connectivity index (χ0n) is 13.6. The molecular weight excluding hydrogens is 396 g/mol. The van der Waals surface area contributed by atoms with Crippen LogP contribution in [0.15, 0.2) is 51.1 Å². The number of anilines is 1. The van der Waals surface area contributed by atoms with E-state index in [1.165, 1.54) is 22.1 Å². The number of hydrogen-bond acceptors (Lipinski definition) is 5. The van der Waals surface area contributed by atoms with Crippen LogP contribution in [-0.2, 0) is 14.8 Å². The van der Waals surface area contributed by atoms with Crippen LogP contribution >= 0.6 is 23.4 Å². The minimum Gasteiger partial charge on any atom is -0.379 e. The zero-order valence-corrected chi connectivity index (χ0v) is 16.0. The lowest BCUT2D eigenvalue weighted by Crippen LogP contribution is -2.40. The van der Waals surface area contributed by atoms with Gasteiger partial charge in [0.1, 0.15) is 4.90 Å². The third-order valence-electron chi connectivity index (χ3n) is 4.22. The second-order valence-corrected chi connectivity index (χ2v) is 9.24. The minimum atomic E-state index is -3.80. The van der Waals surface area contributed by atoms with Gasteiger partial charge in [0.25, 0.3) is 5.91 Å². The van der Waals surface area contributed by atoms with Gasteiger partial charge >= 0.3 is 0 Å². The van der Waals surface area contributed by atoms with Crippen molar-refractivity contribution >= 4 is 45.0 Å². The Hall–Kier alpha value is -1.58. The van der Waals surface area contributed by atoms with Gasteiger partial charge in [0.15, 0.2) is 0 Å². The van der Waals surface area contributed by atoms with Crippen LogP contribution in [0.5, 0.6) is 0 Å². The number of carbonyl (C=O) groups is 1. The van der Waals surface area contributed by atoms with E-state index in [2.05, 4.69) is 5.32 Å². The van der Waals surface area contributed by atoms with Crippen molar-refractivity contribution in [3.8, 4) is 0 Å². The van der Waals surface area contributed by atoms with Gasteiger partial charge in [-0.15, -0.1) is 0 Å². The first-order valence-electron chi connectivity index (χ1n) is 7.96. The lowest BCUT2D eigenvalue weighted by molar-refractivity contribution is 0.0730. The molecular formula is C17H15ClN2O4S2. The van der Waals surface area contributed by atoms with Gasteiger partial charge in [0, 0.05) is 22.9 Å². The molecule has 6 nitrogen and oxygen atoms in total. The van der Waals surface area contributed by atoms with Crippen LogP contribution in [0, 0.1) is 0 Å². The van der Waals surface area contributed by atoms with Gasteiger partial charge in [-0.25, -0.2) is 8.42 Å². The quantitative estimate of drug-likeness (QED) is 0.823. The number of benzene rings is 2. The van der Waals surface area contributed by atoms with Crippen LogP contribution in [0.25, 0.3) is 0 Å². The monoisotopic (exact) mass is 410 g/mol. The molecule has 1 amide bonds. The summed E-state index contributed by atoms with van der Waals surface area (Å²) in [6, 6.07) is 10.3. The van der Waals surface area contributed by atoms with Crippen LogP contribution in [0.1, 0.15) is 10.4 Å². The molecule has 0 spiro atoms. The molecule has 0 unspecified atom stereocenters. The van der Waals surface area contributed by atoms with Crippen molar-refractivity contribution in [3.63, 3.8) is 0 Å². The Morgan fingerprint density at radius 3 is 2.62 bits per heavy atom. The smallest absolute Gasteiger partial charge is 0.256 e. The Bertz CT molecular complexity index is 988. The predicted octanol–water partition coefficient (Wildman–Crippen LogP) is 3.08. The van der Waals surface area contributed by atoms with Crippen molar-refractivity contribution in [1.82, 2.24) is 4.31 Å². The van der Waals surface area contributed by atoms with E-state index in [0.29, 0.717) is 29.4 Å². The standard InChI is InChI=1S/C17H15ClN2O4S2/c18-12-10-15-11(17(21)19-13-3-1-2-4-14(13)25-15)9-16(12)26(22,23)20-5-7-24-8-6-20/h1-4,9-10H,5-8H2,(H,19,21). The van der Waals surface area contributed by atoms with E-state index >= 15 is 0 Å². The summed E-state index contributed by atoms with van der Waals surface area (Å²) in [5.74, 6) is -0.354. The number of para-hydroxylation sites is 1. The van der Waals surface area contributed by atoms with Crippen LogP contribution in [0.3, 0.4) is 0 Å². The molecule has 2 heterocycles. The highest BCUT2D eigenvalue weighted by molar-refractivity contribution is 7.99. The number of ether oxygens (including phenoxy) is 1. The largest absolute Gasteiger partial charge is 0.379 e. The van der Waals surface area contributed by atoms with E-state index in [9.17, 15) is 13.2 Å². The summed E-state index contributed by atoms with van der Waals surface area (Å²) < 4.78 is 32.5. The average Bonchev–Trinajstić information content (AvgIpc) is 2.77. The number of fused-ring (bicyclic) bond motifs is 2. The Morgan fingerprint density at radius 2 is 1.85 bits per heavy atom. The Labute approximate surface area is 160 Å². The highest BCUT2D eigenvalue weighted by atomic mass is 35.5. The predicted molar refractivity (Wildman–Crippen MR) is 99.5 cm³/mol. The van der Waals surface area contributed by atoms with E-state index in [1.807, 2.05) is 18.2 Å². The molecule has 0 aliphatic carbocycles. The van der Waals surface area contributed by atoms with E-state index in [4.69, 9.17) is 16.3 Å². The molecule has 0 saturated carbocycles. The Morgan fingerprint density at radius 1 is 1.12 bits per heavy atom. The molecule has 26 heavy (non-hydrogen) atoms. The topological polar surface area (TPSA) is 75.7 Å². The lowest BCUT2D eigenvalue weighted by atomic mass is 10.2. The van der Waals surface area contributed by atoms with Crippen molar-refractivity contribution in [2.75, 3.05) is 31.6 Å². The molecule has 136 valence electrons. The molecule has 9 heteroatoms. The molecule has 2 aromatic rings. The number of carbonyl (C=O) groups excluding carboxylic acids is 1. The number of sulfonamides is 1. The molecule has 1 fully saturated rings. The summed E-state index contributed by atoms with van der Waals surface area (Å²) in [4.78, 5) is 14.1. The summed E-state index contributed by atoms with van der Waals surface area (Å²) in [5.41, 5.74) is 0.981. The third-order valence-corrected chi connectivity index (χ3v) is 7.72. The van der Waals surface area contributed by atoms with E-state index in [1.54, 1.807) is 12.1 Å². The van der Waals surface area contributed by atoms with Crippen molar-refractivity contribution < 1.29 is 17.9 Å². The number of hydrogen-bond donors (Lipinski definition) is 1. The van der Waals surface area contributed by atoms with Crippen molar-refractivity contribution in [3.05, 3.63) is 47.0 Å². The SMILES string of the molecule is O=C1Nc2ccccc2Sc2cc(Cl)c(S(=O)(=O)N3CCOCC3)cc21. The fourth-order valence-electron chi connectivity index (χ4n) is 2.89. The molecule has 2 aliphatic rings. The summed E-state index contributed by atoms with van der Waals surface area (Å²) >= 11 is 7.69. The molecule has 1 saturated heterocycles. The Kier molecular flexibility index (Phi) is 4.70. The molecule has 1 N–H and O–H groups in total. The first kappa shape index (κ1) is 17.8. The first-order chi connectivity index (χ1) is 12.5. The summed E-state index contributed by atoms with van der Waals surface area (Å²) in [7, 11) is -3.80. The van der Waals surface area contributed by atoms with Crippen molar-refractivity contribution in [2.45, 2.75) is 14.7 Å². The van der Waals surface area contributed by atoms with Gasteiger partial charge < -0.3 is 10.1 Å². The van der Waals surface area contributed by atoms with E-state index in [-0.39, 0.29) is 28.9 Å². The van der Waals surface area contributed by atoms with Gasteiger partial charge in [-0.2, -0.15) is 4.31 Å². The molecule has 0 aromatic heterocycles. The maximum absolute atomic E-state index is 13.0. The normalized spacial score (nSPS) is 17.8. The fourth-order valence-corrected chi connectivity index (χ4v) is 5.94. The number of nitrogens with one attached hydrogen (secondary N) is 1. The van der Waals surface area contributed by atoms with Gasteiger partial charge in [-0.1, -0.05) is 35.5 Å². The van der Waals surface area contributed by atoms with Crippen LogP contribution < -0.4 is 5.32 Å². The van der Waals surface area contributed by atoms with Crippen LogP contribution in [0.2, 0.25) is 5.02 Å². The maximum Gasteiger partial charge on any atom is 0.256 e. The minimum absolute atomic E-state index is 0.0541. The van der Waals surface area contributed by atoms with E-state index < -0.39 is 10.0 Å². The zero-order chi connectivity index (χ0) is 18.3. The number of morpholine rings is 1. The second kappa shape index (κ2) is 6.86. The second-order valence-electron chi connectivity index (χ2n) is 5.85. The van der Waals surface area contributed by atoms with Crippen LogP contribution in [0.4, 0.5) is 5.69 Å². The fraction of sp³-hybridized carbons (Fsp3) is 0.235. The molecule has 0 atom stereocenters. The summed E-state index contributed by atoms with van der Waals surface area (Å²) in [6.45, 7) is 1.21. The number of rotatable bonds is 2. The summed E-state index contributed by atoms with van der Waals surface area (Å²) in [5, 5.41) is 2.93. The molecule has 4 rings (SSSR count). The molecule has 0 radical (unpaired) electrons. The van der Waals surface area contributed by atoms with Crippen molar-refractivity contribution in [2.24, 2.45) is 0 Å². The van der Waals surface area contributed by atoms with Gasteiger partial charge in [-0.3, -0.25) is 4.79 Å². The number of nitrogens with zero attached hydrogens (tertiary/aromatic N) is 1. The molecule has 2 aromatic carbocycles. The van der Waals surface area contributed by atoms with Crippen molar-refractivity contribution in [1.29, 1.82) is 0 Å².